The lowest BCUT2D eigenvalue weighted by Crippen LogP contribution is -2.11. The molecule has 0 bridgehead atoms. The molecule has 2 aromatic rings. The number of hydrogen-bond acceptors (Lipinski definition) is 2. The molecule has 0 heterocycles. The van der Waals surface area contributed by atoms with Crippen molar-refractivity contribution in [2.24, 2.45) is 0 Å². The highest BCUT2D eigenvalue weighted by atomic mass is 19.4. The molecule has 0 spiro atoms. The van der Waals surface area contributed by atoms with E-state index in [-0.39, 0.29) is 36.8 Å². The van der Waals surface area contributed by atoms with Crippen molar-refractivity contribution in [1.82, 2.24) is 0 Å². The number of alkyl halides is 6. The Morgan fingerprint density at radius 1 is 0.778 bits per heavy atom. The summed E-state index contributed by atoms with van der Waals surface area (Å²) in [6, 6.07) is 1.73. The summed E-state index contributed by atoms with van der Waals surface area (Å²) in [5, 5.41) is 0. The smallest absolute Gasteiger partial charge is 0.416 e. The van der Waals surface area contributed by atoms with E-state index in [4.69, 9.17) is 9.47 Å². The molecule has 10 heteroatoms. The van der Waals surface area contributed by atoms with Crippen molar-refractivity contribution < 1.29 is 44.6 Å². The van der Waals surface area contributed by atoms with E-state index in [9.17, 15) is 35.1 Å². The Morgan fingerprint density at radius 3 is 1.81 bits per heavy atom. The molecule has 0 fully saturated rings. The monoisotopic (exact) mass is 400 g/mol. The molecular weight excluding hydrogens is 388 g/mol. The molecule has 0 radical (unpaired) electrons. The summed E-state index contributed by atoms with van der Waals surface area (Å²) in [6.45, 7) is 0.0825. The second kappa shape index (κ2) is 7.71. The standard InChI is InChI=1S/C17H12F8O2/c1-26-3-2-9-4-14(19)15(8-13(9)18)27-12-6-10(16(20,21)22)5-11(7-12)17(23,24)25/h4-8H,2-3H2,1H3. The fourth-order valence-electron chi connectivity index (χ4n) is 2.16. The van der Waals surface area contributed by atoms with Crippen molar-refractivity contribution in [1.29, 1.82) is 0 Å². The first-order valence-electron chi connectivity index (χ1n) is 7.36. The number of rotatable bonds is 5. The van der Waals surface area contributed by atoms with Gasteiger partial charge in [0, 0.05) is 13.2 Å². The predicted molar refractivity (Wildman–Crippen MR) is 78.5 cm³/mol. The highest BCUT2D eigenvalue weighted by molar-refractivity contribution is 5.41. The van der Waals surface area contributed by atoms with E-state index < -0.39 is 46.6 Å². The maximum atomic E-state index is 14.0. The summed E-state index contributed by atoms with van der Waals surface area (Å²) >= 11 is 0. The molecule has 0 aliphatic heterocycles. The van der Waals surface area contributed by atoms with E-state index >= 15 is 0 Å². The molecule has 0 N–H and O–H groups in total. The lowest BCUT2D eigenvalue weighted by atomic mass is 10.1. The highest BCUT2D eigenvalue weighted by Crippen LogP contribution is 2.39. The van der Waals surface area contributed by atoms with E-state index in [0.29, 0.717) is 6.07 Å². The zero-order chi connectivity index (χ0) is 20.4. The number of hydrogen-bond donors (Lipinski definition) is 0. The molecule has 2 rings (SSSR count). The first-order valence-corrected chi connectivity index (χ1v) is 7.36. The topological polar surface area (TPSA) is 18.5 Å². The number of benzene rings is 2. The average molecular weight is 400 g/mol. The van der Waals surface area contributed by atoms with E-state index in [1.807, 2.05) is 0 Å². The fraction of sp³-hybridized carbons (Fsp3) is 0.294. The Morgan fingerprint density at radius 2 is 1.33 bits per heavy atom. The van der Waals surface area contributed by atoms with Crippen molar-refractivity contribution >= 4 is 0 Å². The summed E-state index contributed by atoms with van der Waals surface area (Å²) in [4.78, 5) is 0. The molecule has 0 unspecified atom stereocenters. The van der Waals surface area contributed by atoms with Crippen LogP contribution in [0.3, 0.4) is 0 Å². The van der Waals surface area contributed by atoms with Crippen LogP contribution in [-0.4, -0.2) is 13.7 Å². The van der Waals surface area contributed by atoms with Crippen LogP contribution in [0.15, 0.2) is 30.3 Å². The molecule has 2 aromatic carbocycles. The largest absolute Gasteiger partial charge is 0.454 e. The first-order chi connectivity index (χ1) is 12.4. The highest BCUT2D eigenvalue weighted by Gasteiger charge is 2.37. The summed E-state index contributed by atoms with van der Waals surface area (Å²) < 4.78 is 114. The van der Waals surface area contributed by atoms with Crippen LogP contribution in [-0.2, 0) is 23.5 Å². The maximum absolute atomic E-state index is 14.0. The third-order valence-electron chi connectivity index (χ3n) is 3.47. The molecule has 0 saturated heterocycles. The molecule has 0 aliphatic carbocycles. The van der Waals surface area contributed by atoms with Crippen LogP contribution >= 0.6 is 0 Å². The normalized spacial score (nSPS) is 12.3. The summed E-state index contributed by atoms with van der Waals surface area (Å²) in [5.41, 5.74) is -3.35. The Hall–Kier alpha value is -2.36. The molecule has 0 aromatic heterocycles. The van der Waals surface area contributed by atoms with E-state index in [0.717, 1.165) is 6.07 Å². The van der Waals surface area contributed by atoms with Gasteiger partial charge in [-0.3, -0.25) is 0 Å². The molecule has 0 saturated carbocycles. The molecule has 0 amide bonds. The van der Waals surface area contributed by atoms with Crippen LogP contribution in [0.5, 0.6) is 11.5 Å². The van der Waals surface area contributed by atoms with Gasteiger partial charge in [0.2, 0.25) is 0 Å². The second-order valence-electron chi connectivity index (χ2n) is 5.46. The summed E-state index contributed by atoms with van der Waals surface area (Å²) in [7, 11) is 1.34. The quantitative estimate of drug-likeness (QED) is 0.575. The van der Waals surface area contributed by atoms with Gasteiger partial charge < -0.3 is 9.47 Å². The van der Waals surface area contributed by atoms with Crippen molar-refractivity contribution in [3.8, 4) is 11.5 Å². The predicted octanol–water partition coefficient (Wildman–Crippen LogP) is 5.98. The van der Waals surface area contributed by atoms with E-state index in [1.165, 1.54) is 7.11 Å². The van der Waals surface area contributed by atoms with Gasteiger partial charge >= 0.3 is 12.4 Å². The minimum atomic E-state index is -5.09. The molecule has 2 nitrogen and oxygen atoms in total. The van der Waals surface area contributed by atoms with Gasteiger partial charge in [-0.25, -0.2) is 8.78 Å². The van der Waals surface area contributed by atoms with Gasteiger partial charge in [0.15, 0.2) is 11.6 Å². The molecule has 148 valence electrons. The van der Waals surface area contributed by atoms with Crippen molar-refractivity contribution in [3.05, 3.63) is 58.7 Å². The van der Waals surface area contributed by atoms with E-state index in [2.05, 4.69) is 0 Å². The van der Waals surface area contributed by atoms with Gasteiger partial charge in [-0.05, 0) is 36.2 Å². The summed E-state index contributed by atoms with van der Waals surface area (Å²) in [5.74, 6) is -3.86. The first kappa shape index (κ1) is 20.9. The Bertz CT molecular complexity index is 780. The van der Waals surface area contributed by atoms with Gasteiger partial charge in [-0.1, -0.05) is 0 Å². The fourth-order valence-corrected chi connectivity index (χ4v) is 2.16. The van der Waals surface area contributed by atoms with Crippen molar-refractivity contribution in [2.45, 2.75) is 18.8 Å². The van der Waals surface area contributed by atoms with E-state index in [1.54, 1.807) is 0 Å². The minimum Gasteiger partial charge on any atom is -0.454 e. The number of halogens is 8. The summed E-state index contributed by atoms with van der Waals surface area (Å²) in [6.07, 6.45) is -10.2. The Balaban J connectivity index is 2.43. The van der Waals surface area contributed by atoms with Crippen LogP contribution in [0, 0.1) is 11.6 Å². The zero-order valence-corrected chi connectivity index (χ0v) is 13.6. The molecule has 0 aliphatic rings. The van der Waals surface area contributed by atoms with Crippen LogP contribution in [0.2, 0.25) is 0 Å². The van der Waals surface area contributed by atoms with Crippen LogP contribution in [0.4, 0.5) is 35.1 Å². The van der Waals surface area contributed by atoms with Crippen LogP contribution < -0.4 is 4.74 Å². The SMILES string of the molecule is COCCc1cc(F)c(Oc2cc(C(F)(F)F)cc(C(F)(F)F)c2)cc1F. The second-order valence-corrected chi connectivity index (χ2v) is 5.46. The number of ether oxygens (including phenoxy) is 2. The van der Waals surface area contributed by atoms with Gasteiger partial charge in [-0.2, -0.15) is 26.3 Å². The van der Waals surface area contributed by atoms with Crippen LogP contribution in [0.25, 0.3) is 0 Å². The minimum absolute atomic E-state index is 0.0152. The lowest BCUT2D eigenvalue weighted by molar-refractivity contribution is -0.143. The van der Waals surface area contributed by atoms with Crippen molar-refractivity contribution in [2.75, 3.05) is 13.7 Å². The third kappa shape index (κ3) is 5.31. The average Bonchev–Trinajstić information content (AvgIpc) is 2.54. The van der Waals surface area contributed by atoms with Crippen molar-refractivity contribution in [3.63, 3.8) is 0 Å². The number of methoxy groups -OCH3 is 1. The van der Waals surface area contributed by atoms with Crippen LogP contribution in [0.1, 0.15) is 16.7 Å². The Kier molecular flexibility index (Phi) is 5.98. The molecule has 0 atom stereocenters. The molecular formula is C17H12F8O2. The van der Waals surface area contributed by atoms with Gasteiger partial charge in [0.1, 0.15) is 11.6 Å². The van der Waals surface area contributed by atoms with Gasteiger partial charge in [-0.15, -0.1) is 0 Å². The lowest BCUT2D eigenvalue weighted by Gasteiger charge is -2.15. The Labute approximate surface area is 148 Å². The van der Waals surface area contributed by atoms with Gasteiger partial charge in [0.25, 0.3) is 0 Å². The third-order valence-corrected chi connectivity index (χ3v) is 3.47. The maximum Gasteiger partial charge on any atom is 0.416 e. The van der Waals surface area contributed by atoms with Gasteiger partial charge in [0.05, 0.1) is 17.7 Å². The zero-order valence-electron chi connectivity index (χ0n) is 13.6. The molecule has 27 heavy (non-hydrogen) atoms.